The predicted octanol–water partition coefficient (Wildman–Crippen LogP) is 3.38. The first-order valence-corrected chi connectivity index (χ1v) is 8.44. The summed E-state index contributed by atoms with van der Waals surface area (Å²) < 4.78 is 4.69. The number of ether oxygens (including phenoxy) is 1. The normalized spacial score (nSPS) is 11.1. The van der Waals surface area contributed by atoms with E-state index < -0.39 is 0 Å². The molecule has 0 aliphatic carbocycles. The van der Waals surface area contributed by atoms with Gasteiger partial charge in [-0.15, -0.1) is 0 Å². The Morgan fingerprint density at radius 3 is 2.28 bits per heavy atom. The fourth-order valence-corrected chi connectivity index (χ4v) is 2.29. The number of benzene rings is 2. The van der Waals surface area contributed by atoms with Gasteiger partial charge < -0.3 is 15.4 Å². The molecule has 0 aliphatic heterocycles. The van der Waals surface area contributed by atoms with Crippen LogP contribution in [0.5, 0.6) is 0 Å². The highest BCUT2D eigenvalue weighted by molar-refractivity contribution is 6.30. The van der Waals surface area contributed by atoms with Gasteiger partial charge in [-0.3, -0.25) is 0 Å². The fourth-order valence-electron chi connectivity index (χ4n) is 2.16. The molecule has 132 valence electrons. The van der Waals surface area contributed by atoms with Crippen molar-refractivity contribution < 1.29 is 9.53 Å². The molecule has 0 aliphatic rings. The summed E-state index contributed by atoms with van der Waals surface area (Å²) in [5.74, 6) is 0.391. The van der Waals surface area contributed by atoms with Crippen molar-refractivity contribution in [2.24, 2.45) is 4.99 Å². The first-order valence-electron chi connectivity index (χ1n) is 8.06. The van der Waals surface area contributed by atoms with Gasteiger partial charge in [0, 0.05) is 18.1 Å². The molecule has 5 nitrogen and oxygen atoms in total. The zero-order valence-electron chi connectivity index (χ0n) is 14.4. The van der Waals surface area contributed by atoms with E-state index in [9.17, 15) is 4.79 Å². The van der Waals surface area contributed by atoms with E-state index in [2.05, 4.69) is 15.6 Å². The molecule has 0 bridgehead atoms. The van der Waals surface area contributed by atoms with Crippen molar-refractivity contribution in [2.75, 3.05) is 13.7 Å². The average Bonchev–Trinajstić information content (AvgIpc) is 2.65. The molecule has 6 heteroatoms. The molecule has 25 heavy (non-hydrogen) atoms. The molecule has 0 unspecified atom stereocenters. The van der Waals surface area contributed by atoms with Crippen molar-refractivity contribution >= 4 is 23.5 Å². The van der Waals surface area contributed by atoms with Crippen molar-refractivity contribution in [3.63, 3.8) is 0 Å². The number of aliphatic imine (C=N–C) groups is 1. The van der Waals surface area contributed by atoms with Crippen molar-refractivity contribution in [1.29, 1.82) is 0 Å². The number of halogens is 1. The van der Waals surface area contributed by atoms with Crippen molar-refractivity contribution in [2.45, 2.75) is 20.0 Å². The van der Waals surface area contributed by atoms with Crippen LogP contribution in [0.15, 0.2) is 53.5 Å². The molecule has 0 fully saturated rings. The Labute approximate surface area is 153 Å². The SMILES string of the molecule is CCNC(=NCc1ccc(C(=O)OC)cc1)NCc1ccc(Cl)cc1. The lowest BCUT2D eigenvalue weighted by atomic mass is 10.1. The maximum Gasteiger partial charge on any atom is 0.337 e. The third-order valence-corrected chi connectivity index (χ3v) is 3.76. The number of esters is 1. The van der Waals surface area contributed by atoms with Gasteiger partial charge in [0.15, 0.2) is 5.96 Å². The number of rotatable bonds is 6. The summed E-state index contributed by atoms with van der Waals surface area (Å²) in [6.45, 7) is 3.96. The van der Waals surface area contributed by atoms with Gasteiger partial charge in [-0.05, 0) is 42.3 Å². The summed E-state index contributed by atoms with van der Waals surface area (Å²) in [6.07, 6.45) is 0. The minimum Gasteiger partial charge on any atom is -0.465 e. The summed E-state index contributed by atoms with van der Waals surface area (Å²) in [5.41, 5.74) is 2.66. The van der Waals surface area contributed by atoms with Crippen LogP contribution in [0.1, 0.15) is 28.4 Å². The Morgan fingerprint density at radius 2 is 1.68 bits per heavy atom. The van der Waals surface area contributed by atoms with Gasteiger partial charge >= 0.3 is 5.97 Å². The summed E-state index contributed by atoms with van der Waals surface area (Å²) in [5, 5.41) is 7.22. The van der Waals surface area contributed by atoms with E-state index in [-0.39, 0.29) is 5.97 Å². The van der Waals surface area contributed by atoms with Crippen LogP contribution in [0.3, 0.4) is 0 Å². The molecule has 0 aromatic heterocycles. The molecular weight excluding hydrogens is 338 g/mol. The highest BCUT2D eigenvalue weighted by Crippen LogP contribution is 2.09. The minimum atomic E-state index is -0.340. The molecule has 2 rings (SSSR count). The Morgan fingerprint density at radius 1 is 1.04 bits per heavy atom. The van der Waals surface area contributed by atoms with Crippen LogP contribution in [0.25, 0.3) is 0 Å². The topological polar surface area (TPSA) is 62.7 Å². The van der Waals surface area contributed by atoms with Gasteiger partial charge in [0.1, 0.15) is 0 Å². The van der Waals surface area contributed by atoms with Crippen LogP contribution in [0, 0.1) is 0 Å². The zero-order chi connectivity index (χ0) is 18.1. The second kappa shape index (κ2) is 9.69. The number of hydrogen-bond acceptors (Lipinski definition) is 3. The van der Waals surface area contributed by atoms with Gasteiger partial charge in [-0.25, -0.2) is 9.79 Å². The highest BCUT2D eigenvalue weighted by Gasteiger charge is 2.04. The molecule has 0 amide bonds. The zero-order valence-corrected chi connectivity index (χ0v) is 15.1. The standard InChI is InChI=1S/C19H22ClN3O2/c1-3-21-19(23-13-15-6-10-17(20)11-7-15)22-12-14-4-8-16(9-5-14)18(24)25-2/h4-11H,3,12-13H2,1-2H3,(H2,21,22,23). The van der Waals surface area contributed by atoms with Gasteiger partial charge in [0.25, 0.3) is 0 Å². The summed E-state index contributed by atoms with van der Waals surface area (Å²) in [4.78, 5) is 16.0. The first-order chi connectivity index (χ1) is 12.1. The number of nitrogens with one attached hydrogen (secondary N) is 2. The van der Waals surface area contributed by atoms with E-state index in [1.807, 2.05) is 43.3 Å². The summed E-state index contributed by atoms with van der Waals surface area (Å²) in [6, 6.07) is 14.9. The second-order valence-electron chi connectivity index (χ2n) is 5.36. The van der Waals surface area contributed by atoms with E-state index in [1.54, 1.807) is 12.1 Å². The lowest BCUT2D eigenvalue weighted by molar-refractivity contribution is 0.0600. The van der Waals surface area contributed by atoms with E-state index in [1.165, 1.54) is 7.11 Å². The van der Waals surface area contributed by atoms with E-state index in [4.69, 9.17) is 16.3 Å². The first kappa shape index (κ1) is 18.8. The van der Waals surface area contributed by atoms with Crippen molar-refractivity contribution in [3.05, 3.63) is 70.2 Å². The second-order valence-corrected chi connectivity index (χ2v) is 5.80. The fraction of sp³-hybridized carbons (Fsp3) is 0.263. The van der Waals surface area contributed by atoms with Gasteiger partial charge in [-0.2, -0.15) is 0 Å². The van der Waals surface area contributed by atoms with Crippen LogP contribution >= 0.6 is 11.6 Å². The summed E-state index contributed by atoms with van der Waals surface area (Å²) in [7, 11) is 1.37. The van der Waals surface area contributed by atoms with Gasteiger partial charge in [0.2, 0.25) is 0 Å². The maximum absolute atomic E-state index is 11.4. The molecule has 2 aromatic rings. The van der Waals surface area contributed by atoms with Gasteiger partial charge in [0.05, 0.1) is 19.2 Å². The Hall–Kier alpha value is -2.53. The Kier molecular flexibility index (Phi) is 7.29. The molecule has 2 aromatic carbocycles. The highest BCUT2D eigenvalue weighted by atomic mass is 35.5. The lowest BCUT2D eigenvalue weighted by Crippen LogP contribution is -2.36. The monoisotopic (exact) mass is 359 g/mol. The van der Waals surface area contributed by atoms with Crippen LogP contribution in [-0.2, 0) is 17.8 Å². The molecular formula is C19H22ClN3O2. The third kappa shape index (κ3) is 6.12. The van der Waals surface area contributed by atoms with Crippen molar-refractivity contribution in [1.82, 2.24) is 10.6 Å². The molecule has 2 N–H and O–H groups in total. The van der Waals surface area contributed by atoms with Crippen LogP contribution < -0.4 is 10.6 Å². The van der Waals surface area contributed by atoms with E-state index >= 15 is 0 Å². The molecule has 0 heterocycles. The quantitative estimate of drug-likeness (QED) is 0.471. The smallest absolute Gasteiger partial charge is 0.337 e. The number of hydrogen-bond donors (Lipinski definition) is 2. The summed E-state index contributed by atoms with van der Waals surface area (Å²) >= 11 is 5.90. The van der Waals surface area contributed by atoms with E-state index in [0.717, 1.165) is 28.7 Å². The maximum atomic E-state index is 11.4. The Bertz CT molecular complexity index is 712. The van der Waals surface area contributed by atoms with Crippen LogP contribution in [-0.4, -0.2) is 25.6 Å². The predicted molar refractivity (Wildman–Crippen MR) is 101 cm³/mol. The van der Waals surface area contributed by atoms with Crippen LogP contribution in [0.4, 0.5) is 0 Å². The number of guanidine groups is 1. The lowest BCUT2D eigenvalue weighted by Gasteiger charge is -2.11. The number of nitrogens with zero attached hydrogens (tertiary/aromatic N) is 1. The molecule has 0 atom stereocenters. The Balaban J connectivity index is 1.96. The largest absolute Gasteiger partial charge is 0.465 e. The average molecular weight is 360 g/mol. The molecule has 0 saturated heterocycles. The third-order valence-electron chi connectivity index (χ3n) is 3.51. The van der Waals surface area contributed by atoms with E-state index in [0.29, 0.717) is 18.7 Å². The molecule has 0 spiro atoms. The molecule has 0 saturated carbocycles. The molecule has 0 radical (unpaired) electrons. The van der Waals surface area contributed by atoms with Crippen molar-refractivity contribution in [3.8, 4) is 0 Å². The number of carbonyl (C=O) groups is 1. The minimum absolute atomic E-state index is 0.340. The van der Waals surface area contributed by atoms with Gasteiger partial charge in [-0.1, -0.05) is 35.9 Å². The number of methoxy groups -OCH3 is 1. The number of carbonyl (C=O) groups excluding carboxylic acids is 1. The van der Waals surface area contributed by atoms with Crippen LogP contribution in [0.2, 0.25) is 5.02 Å².